The quantitative estimate of drug-likeness (QED) is 0.793. The fraction of sp³-hybridized carbons (Fsp3) is 0.0625. The van der Waals surface area contributed by atoms with Crippen LogP contribution in [0.3, 0.4) is 0 Å². The van der Waals surface area contributed by atoms with Crippen molar-refractivity contribution < 1.29 is 4.74 Å². The lowest BCUT2D eigenvalue weighted by molar-refractivity contribution is 0.415. The van der Waals surface area contributed by atoms with Gasteiger partial charge in [0.2, 0.25) is 5.95 Å². The standard InChI is InChI=1S/C16H14N4O/c1-21-14-9-7-13(8-10-14)19-16-18-11-17-15(20-16)12-5-3-2-4-6-12/h2-11H,1H3,(H,17,18,19,20). The Labute approximate surface area is 122 Å². The van der Waals surface area contributed by atoms with Crippen LogP contribution in [0.5, 0.6) is 5.75 Å². The summed E-state index contributed by atoms with van der Waals surface area (Å²) in [6, 6.07) is 17.4. The topological polar surface area (TPSA) is 59.9 Å². The molecule has 0 spiro atoms. The minimum Gasteiger partial charge on any atom is -0.497 e. The molecule has 0 fully saturated rings. The lowest BCUT2D eigenvalue weighted by atomic mass is 10.2. The van der Waals surface area contributed by atoms with E-state index in [9.17, 15) is 0 Å². The van der Waals surface area contributed by atoms with Crippen LogP contribution >= 0.6 is 0 Å². The average molecular weight is 278 g/mol. The maximum absolute atomic E-state index is 5.13. The van der Waals surface area contributed by atoms with Gasteiger partial charge in [0, 0.05) is 11.3 Å². The number of nitrogens with zero attached hydrogens (tertiary/aromatic N) is 3. The molecule has 1 heterocycles. The van der Waals surface area contributed by atoms with Gasteiger partial charge in [-0.15, -0.1) is 0 Å². The molecule has 1 aromatic heterocycles. The number of nitrogens with one attached hydrogen (secondary N) is 1. The largest absolute Gasteiger partial charge is 0.497 e. The highest BCUT2D eigenvalue weighted by Gasteiger charge is 2.03. The number of hydrogen-bond acceptors (Lipinski definition) is 5. The maximum atomic E-state index is 5.13. The minimum atomic E-state index is 0.508. The first-order valence-electron chi connectivity index (χ1n) is 6.51. The molecule has 0 bridgehead atoms. The van der Waals surface area contributed by atoms with Crippen LogP contribution in [-0.4, -0.2) is 22.1 Å². The summed E-state index contributed by atoms with van der Waals surface area (Å²) in [5.74, 6) is 1.96. The lowest BCUT2D eigenvalue weighted by Gasteiger charge is -2.06. The number of aromatic nitrogens is 3. The van der Waals surface area contributed by atoms with Crippen LogP contribution in [0.4, 0.5) is 11.6 Å². The highest BCUT2D eigenvalue weighted by molar-refractivity contribution is 5.59. The molecule has 5 nitrogen and oxygen atoms in total. The van der Waals surface area contributed by atoms with E-state index in [0.29, 0.717) is 11.8 Å². The summed E-state index contributed by atoms with van der Waals surface area (Å²) >= 11 is 0. The van der Waals surface area contributed by atoms with Crippen LogP contribution in [0.1, 0.15) is 0 Å². The number of benzene rings is 2. The predicted molar refractivity (Wildman–Crippen MR) is 81.5 cm³/mol. The van der Waals surface area contributed by atoms with Crippen molar-refractivity contribution in [2.24, 2.45) is 0 Å². The number of rotatable bonds is 4. The van der Waals surface area contributed by atoms with Gasteiger partial charge in [-0.05, 0) is 24.3 Å². The Bertz CT molecular complexity index is 714. The van der Waals surface area contributed by atoms with E-state index in [1.54, 1.807) is 7.11 Å². The van der Waals surface area contributed by atoms with Gasteiger partial charge in [0.1, 0.15) is 12.1 Å². The molecule has 21 heavy (non-hydrogen) atoms. The highest BCUT2D eigenvalue weighted by Crippen LogP contribution is 2.19. The Hall–Kier alpha value is -2.95. The molecule has 104 valence electrons. The number of hydrogen-bond donors (Lipinski definition) is 1. The van der Waals surface area contributed by atoms with Crippen molar-refractivity contribution in [3.63, 3.8) is 0 Å². The molecule has 0 aliphatic heterocycles. The van der Waals surface area contributed by atoms with Gasteiger partial charge in [0.25, 0.3) is 0 Å². The van der Waals surface area contributed by atoms with Crippen molar-refractivity contribution in [3.05, 3.63) is 60.9 Å². The van der Waals surface area contributed by atoms with Crippen LogP contribution < -0.4 is 10.1 Å². The van der Waals surface area contributed by atoms with Crippen molar-refractivity contribution in [1.29, 1.82) is 0 Å². The highest BCUT2D eigenvalue weighted by atomic mass is 16.5. The number of methoxy groups -OCH3 is 1. The van der Waals surface area contributed by atoms with Crippen molar-refractivity contribution in [2.45, 2.75) is 0 Å². The third-order valence-corrected chi connectivity index (χ3v) is 2.95. The fourth-order valence-corrected chi connectivity index (χ4v) is 1.89. The monoisotopic (exact) mass is 278 g/mol. The van der Waals surface area contributed by atoms with Gasteiger partial charge < -0.3 is 10.1 Å². The second-order valence-electron chi connectivity index (χ2n) is 4.35. The Morgan fingerprint density at radius 1 is 0.905 bits per heavy atom. The Morgan fingerprint density at radius 3 is 2.38 bits per heavy atom. The molecular weight excluding hydrogens is 264 g/mol. The Morgan fingerprint density at radius 2 is 1.67 bits per heavy atom. The number of ether oxygens (including phenoxy) is 1. The van der Waals surface area contributed by atoms with Crippen LogP contribution in [0, 0.1) is 0 Å². The zero-order valence-corrected chi connectivity index (χ0v) is 11.5. The van der Waals surface area contributed by atoms with Gasteiger partial charge in [0.05, 0.1) is 7.11 Å². The first-order chi connectivity index (χ1) is 10.3. The predicted octanol–water partition coefficient (Wildman–Crippen LogP) is 3.29. The van der Waals surface area contributed by atoms with E-state index in [1.165, 1.54) is 6.33 Å². The first kappa shape index (κ1) is 13.1. The molecule has 2 aromatic carbocycles. The van der Waals surface area contributed by atoms with E-state index in [2.05, 4.69) is 20.3 Å². The van der Waals surface area contributed by atoms with Gasteiger partial charge in [-0.1, -0.05) is 30.3 Å². The summed E-state index contributed by atoms with van der Waals surface area (Å²) in [6.45, 7) is 0. The fourth-order valence-electron chi connectivity index (χ4n) is 1.89. The minimum absolute atomic E-state index is 0.508. The van der Waals surface area contributed by atoms with Crippen molar-refractivity contribution in [1.82, 2.24) is 15.0 Å². The molecule has 0 saturated carbocycles. The molecule has 0 saturated heterocycles. The summed E-state index contributed by atoms with van der Waals surface area (Å²) in [5.41, 5.74) is 1.85. The van der Waals surface area contributed by atoms with Gasteiger partial charge in [-0.2, -0.15) is 4.98 Å². The van der Waals surface area contributed by atoms with Crippen LogP contribution in [-0.2, 0) is 0 Å². The smallest absolute Gasteiger partial charge is 0.230 e. The van der Waals surface area contributed by atoms with Crippen LogP contribution in [0.2, 0.25) is 0 Å². The second-order valence-corrected chi connectivity index (χ2v) is 4.35. The molecular formula is C16H14N4O. The maximum Gasteiger partial charge on any atom is 0.230 e. The first-order valence-corrected chi connectivity index (χ1v) is 6.51. The van der Waals surface area contributed by atoms with Crippen LogP contribution in [0.25, 0.3) is 11.4 Å². The molecule has 0 radical (unpaired) electrons. The molecule has 0 aliphatic carbocycles. The molecule has 5 heteroatoms. The third-order valence-electron chi connectivity index (χ3n) is 2.95. The summed E-state index contributed by atoms with van der Waals surface area (Å²) in [4.78, 5) is 12.8. The zero-order valence-electron chi connectivity index (χ0n) is 11.5. The molecule has 0 amide bonds. The number of anilines is 2. The third kappa shape index (κ3) is 3.14. The van der Waals surface area contributed by atoms with Crippen LogP contribution in [0.15, 0.2) is 60.9 Å². The van der Waals surface area contributed by atoms with E-state index in [4.69, 9.17) is 4.74 Å². The summed E-state index contributed by atoms with van der Waals surface area (Å²) in [7, 11) is 1.64. The molecule has 0 atom stereocenters. The molecule has 3 rings (SSSR count). The SMILES string of the molecule is COc1ccc(Nc2ncnc(-c3ccccc3)n2)cc1. The van der Waals surface area contributed by atoms with E-state index >= 15 is 0 Å². The Balaban J connectivity index is 1.83. The van der Waals surface area contributed by atoms with Gasteiger partial charge in [-0.25, -0.2) is 9.97 Å². The summed E-state index contributed by atoms with van der Waals surface area (Å²) in [5, 5.41) is 3.15. The van der Waals surface area contributed by atoms with E-state index < -0.39 is 0 Å². The lowest BCUT2D eigenvalue weighted by Crippen LogP contribution is -1.99. The molecule has 0 unspecified atom stereocenters. The van der Waals surface area contributed by atoms with Gasteiger partial charge in [0.15, 0.2) is 5.82 Å². The van der Waals surface area contributed by atoms with Crippen molar-refractivity contribution in [3.8, 4) is 17.1 Å². The summed E-state index contributed by atoms with van der Waals surface area (Å²) in [6.07, 6.45) is 1.50. The van der Waals surface area contributed by atoms with Gasteiger partial charge >= 0.3 is 0 Å². The second kappa shape index (κ2) is 6.00. The van der Waals surface area contributed by atoms with Gasteiger partial charge in [-0.3, -0.25) is 0 Å². The summed E-state index contributed by atoms with van der Waals surface area (Å²) < 4.78 is 5.13. The molecule has 3 aromatic rings. The van der Waals surface area contributed by atoms with E-state index in [-0.39, 0.29) is 0 Å². The van der Waals surface area contributed by atoms with E-state index in [1.807, 2.05) is 54.6 Å². The average Bonchev–Trinajstić information content (AvgIpc) is 2.57. The molecule has 1 N–H and O–H groups in total. The van der Waals surface area contributed by atoms with Crippen molar-refractivity contribution in [2.75, 3.05) is 12.4 Å². The molecule has 0 aliphatic rings. The normalized spacial score (nSPS) is 10.1. The Kier molecular flexibility index (Phi) is 3.73. The zero-order chi connectivity index (χ0) is 14.5. The van der Waals surface area contributed by atoms with E-state index in [0.717, 1.165) is 17.0 Å². The van der Waals surface area contributed by atoms with Crippen molar-refractivity contribution >= 4 is 11.6 Å².